The number of carbonyl (C=O) groups excluding carboxylic acids is 2. The number of imidazole rings is 1. The van der Waals surface area contributed by atoms with E-state index in [0.29, 0.717) is 23.8 Å². The molecule has 2 N–H and O–H groups in total. The van der Waals surface area contributed by atoms with Crippen LogP contribution >= 0.6 is 0 Å². The van der Waals surface area contributed by atoms with Gasteiger partial charge in [0.15, 0.2) is 0 Å². The molecule has 1 aliphatic rings. The van der Waals surface area contributed by atoms with Gasteiger partial charge >= 0.3 is 0 Å². The van der Waals surface area contributed by atoms with Gasteiger partial charge in [0.1, 0.15) is 5.69 Å². The number of aromatic nitrogens is 3. The van der Waals surface area contributed by atoms with Gasteiger partial charge in [0.05, 0.1) is 11.0 Å². The van der Waals surface area contributed by atoms with E-state index in [4.69, 9.17) is 4.98 Å². The third-order valence-electron chi connectivity index (χ3n) is 7.02. The third kappa shape index (κ3) is 4.30. The lowest BCUT2D eigenvalue weighted by Crippen LogP contribution is -2.26. The molecule has 0 spiro atoms. The molecule has 5 rings (SSSR count). The van der Waals surface area contributed by atoms with Gasteiger partial charge in [0.25, 0.3) is 11.8 Å². The molecule has 8 nitrogen and oxygen atoms in total. The van der Waals surface area contributed by atoms with Crippen LogP contribution in [0, 0.1) is 5.92 Å². The normalized spacial score (nSPS) is 18.0. The number of fused-ring (bicyclic) bond motifs is 4. The predicted molar refractivity (Wildman–Crippen MR) is 139 cm³/mol. The van der Waals surface area contributed by atoms with Gasteiger partial charge in [-0.05, 0) is 70.2 Å². The number of para-hydroxylation sites is 2. The van der Waals surface area contributed by atoms with Crippen LogP contribution < -0.4 is 10.6 Å². The molecule has 35 heavy (non-hydrogen) atoms. The molecule has 0 saturated heterocycles. The third-order valence-corrected chi connectivity index (χ3v) is 7.02. The molecule has 3 heterocycles. The zero-order valence-electron chi connectivity index (χ0n) is 20.7. The second-order valence-corrected chi connectivity index (χ2v) is 9.79. The molecule has 182 valence electrons. The Labute approximate surface area is 204 Å². The molecule has 0 aliphatic carbocycles. The van der Waals surface area contributed by atoms with E-state index < -0.39 is 0 Å². The number of nitrogens with one attached hydrogen (secondary N) is 2. The number of aryl methyl sites for hydroxylation is 1. The van der Waals surface area contributed by atoms with Gasteiger partial charge in [-0.3, -0.25) is 14.9 Å². The number of carbonyl (C=O) groups is 2. The first-order valence-corrected chi connectivity index (χ1v) is 12.2. The largest absolute Gasteiger partial charge is 0.350 e. The second-order valence-electron chi connectivity index (χ2n) is 9.79. The Morgan fingerprint density at radius 1 is 1.14 bits per heavy atom. The van der Waals surface area contributed by atoms with E-state index >= 15 is 0 Å². The lowest BCUT2D eigenvalue weighted by Gasteiger charge is -2.20. The molecule has 1 aliphatic heterocycles. The van der Waals surface area contributed by atoms with Crippen molar-refractivity contribution >= 4 is 39.7 Å². The second kappa shape index (κ2) is 9.19. The molecule has 8 heteroatoms. The molecule has 0 fully saturated rings. The Balaban J connectivity index is 1.49. The van der Waals surface area contributed by atoms with Crippen molar-refractivity contribution in [3.8, 4) is 0 Å². The van der Waals surface area contributed by atoms with E-state index in [1.54, 1.807) is 0 Å². The number of nitrogens with zero attached hydrogens (tertiary/aromatic N) is 4. The lowest BCUT2D eigenvalue weighted by molar-refractivity contribution is 0.0948. The number of rotatable bonds is 6. The zero-order chi connectivity index (χ0) is 24.7. The summed E-state index contributed by atoms with van der Waals surface area (Å²) in [4.78, 5) is 32.9. The van der Waals surface area contributed by atoms with Crippen molar-refractivity contribution in [1.82, 2.24) is 24.3 Å². The Morgan fingerprint density at radius 2 is 1.94 bits per heavy atom. The maximum atomic E-state index is 13.4. The first-order valence-electron chi connectivity index (χ1n) is 12.2. The fourth-order valence-corrected chi connectivity index (χ4v) is 4.86. The highest BCUT2D eigenvalue weighted by Crippen LogP contribution is 2.31. The topological polar surface area (TPSA) is 84.2 Å². The summed E-state index contributed by atoms with van der Waals surface area (Å²) in [6.07, 6.45) is 0.941. The Morgan fingerprint density at radius 3 is 2.74 bits per heavy atom. The Bertz CT molecular complexity index is 1420. The fourth-order valence-electron chi connectivity index (χ4n) is 4.86. The number of amides is 2. The minimum Gasteiger partial charge on any atom is -0.350 e. The highest BCUT2D eigenvalue weighted by molar-refractivity contribution is 6.07. The van der Waals surface area contributed by atoms with Crippen molar-refractivity contribution < 1.29 is 9.59 Å². The van der Waals surface area contributed by atoms with Crippen molar-refractivity contribution in [2.45, 2.75) is 32.9 Å². The molecule has 0 radical (unpaired) electrons. The smallest absolute Gasteiger partial charge is 0.267 e. The molecule has 0 bridgehead atoms. The molecule has 4 aromatic rings. The minimum atomic E-state index is -0.217. The summed E-state index contributed by atoms with van der Waals surface area (Å²) in [5, 5.41) is 6.99. The maximum Gasteiger partial charge on any atom is 0.267 e. The maximum absolute atomic E-state index is 13.4. The van der Waals surface area contributed by atoms with E-state index in [2.05, 4.69) is 52.6 Å². The number of benzene rings is 2. The minimum absolute atomic E-state index is 0.0742. The molecular weight excluding hydrogens is 440 g/mol. The SMILES string of the molecule is C[C@@H]1CNC(=O)c2cc3ccc(C(=O)Nc4nc5ccccc5n4CCCN(C)C)cc3n2[C@@H]1C. The molecule has 0 saturated carbocycles. The van der Waals surface area contributed by atoms with Gasteiger partial charge in [-0.2, -0.15) is 0 Å². The lowest BCUT2D eigenvalue weighted by atomic mass is 10.0. The van der Waals surface area contributed by atoms with Gasteiger partial charge in [-0.1, -0.05) is 25.1 Å². The Kier molecular flexibility index (Phi) is 6.06. The zero-order valence-corrected chi connectivity index (χ0v) is 20.7. The van der Waals surface area contributed by atoms with Crippen LogP contribution in [-0.2, 0) is 6.54 Å². The van der Waals surface area contributed by atoms with E-state index in [0.717, 1.165) is 41.4 Å². The van der Waals surface area contributed by atoms with E-state index in [1.165, 1.54) is 0 Å². The van der Waals surface area contributed by atoms with Crippen molar-refractivity contribution in [2.75, 3.05) is 32.5 Å². The summed E-state index contributed by atoms with van der Waals surface area (Å²) in [6.45, 7) is 6.58. The van der Waals surface area contributed by atoms with Crippen molar-refractivity contribution in [2.24, 2.45) is 5.92 Å². The van der Waals surface area contributed by atoms with Gasteiger partial charge in [0.2, 0.25) is 5.95 Å². The Hall–Kier alpha value is -3.65. The number of anilines is 1. The molecule has 0 unspecified atom stereocenters. The highest BCUT2D eigenvalue weighted by Gasteiger charge is 2.27. The molecule has 2 atom stereocenters. The summed E-state index contributed by atoms with van der Waals surface area (Å²) >= 11 is 0. The van der Waals surface area contributed by atoms with Crippen LogP contribution in [0.25, 0.3) is 21.9 Å². The predicted octanol–water partition coefficient (Wildman–Crippen LogP) is 4.14. The first kappa shape index (κ1) is 23.1. The summed E-state index contributed by atoms with van der Waals surface area (Å²) in [5.41, 5.74) is 3.92. The first-order chi connectivity index (χ1) is 16.8. The van der Waals surface area contributed by atoms with E-state index in [9.17, 15) is 9.59 Å². The molecule has 2 amide bonds. The summed E-state index contributed by atoms with van der Waals surface area (Å²) in [5.74, 6) is 0.529. The van der Waals surface area contributed by atoms with Crippen molar-refractivity contribution in [3.05, 3.63) is 59.8 Å². The molecule has 2 aromatic heterocycles. The van der Waals surface area contributed by atoms with E-state index in [1.807, 2.05) is 48.5 Å². The van der Waals surface area contributed by atoms with Crippen LogP contribution in [0.2, 0.25) is 0 Å². The van der Waals surface area contributed by atoms with Crippen LogP contribution in [0.3, 0.4) is 0 Å². The summed E-state index contributed by atoms with van der Waals surface area (Å²) in [6, 6.07) is 15.6. The van der Waals surface area contributed by atoms with Gasteiger partial charge < -0.3 is 19.4 Å². The number of hydrogen-bond donors (Lipinski definition) is 2. The van der Waals surface area contributed by atoms with Gasteiger partial charge in [-0.25, -0.2) is 4.98 Å². The van der Waals surface area contributed by atoms with Crippen LogP contribution in [0.4, 0.5) is 5.95 Å². The average Bonchev–Trinajstić information content (AvgIpc) is 3.36. The van der Waals surface area contributed by atoms with Crippen molar-refractivity contribution in [1.29, 1.82) is 0 Å². The highest BCUT2D eigenvalue weighted by atomic mass is 16.2. The monoisotopic (exact) mass is 472 g/mol. The van der Waals surface area contributed by atoms with Crippen molar-refractivity contribution in [3.63, 3.8) is 0 Å². The molecular formula is C27H32N6O2. The summed E-state index contributed by atoms with van der Waals surface area (Å²) < 4.78 is 4.14. The van der Waals surface area contributed by atoms with Crippen LogP contribution in [0.5, 0.6) is 0 Å². The summed E-state index contributed by atoms with van der Waals surface area (Å²) in [7, 11) is 4.11. The molecule has 2 aromatic carbocycles. The van der Waals surface area contributed by atoms with Crippen LogP contribution in [0.15, 0.2) is 48.5 Å². The fraction of sp³-hybridized carbons (Fsp3) is 0.370. The average molecular weight is 473 g/mol. The quantitative estimate of drug-likeness (QED) is 0.442. The van der Waals surface area contributed by atoms with Gasteiger partial charge in [0, 0.05) is 35.6 Å². The number of hydrogen-bond acceptors (Lipinski definition) is 4. The van der Waals surface area contributed by atoms with Crippen LogP contribution in [0.1, 0.15) is 47.2 Å². The standard InChI is InChI=1S/C27H32N6O2/c1-17-16-28-26(35)24-14-19-10-11-20(15-23(19)33(24)18(17)2)25(34)30-27-29-21-8-5-6-9-22(21)32(27)13-7-12-31(3)4/h5-6,8-11,14-15,17-18H,7,12-13,16H2,1-4H3,(H,28,35)(H,29,30,34)/t17-,18-/m1/s1. The van der Waals surface area contributed by atoms with Crippen LogP contribution in [-0.4, -0.2) is 58.0 Å². The van der Waals surface area contributed by atoms with Gasteiger partial charge in [-0.15, -0.1) is 0 Å². The van der Waals surface area contributed by atoms with E-state index in [-0.39, 0.29) is 23.8 Å².